The molecule has 1 rings (SSSR count). The molecule has 0 spiro atoms. The minimum absolute atomic E-state index is 0.637. The van der Waals surface area contributed by atoms with Crippen LogP contribution < -0.4 is 5.32 Å². The smallest absolute Gasteiger partial charge is 0.0594 e. The molecule has 1 fully saturated rings. The first-order chi connectivity index (χ1) is 7.77. The Hall–Kier alpha value is -0.120. The third kappa shape index (κ3) is 4.81. The highest BCUT2D eigenvalue weighted by Gasteiger charge is 2.16. The lowest BCUT2D eigenvalue weighted by Gasteiger charge is -2.32. The van der Waals surface area contributed by atoms with E-state index in [1.165, 1.54) is 19.4 Å². The third-order valence-corrected chi connectivity index (χ3v) is 3.70. The number of hydrogen-bond donors (Lipinski definition) is 1. The summed E-state index contributed by atoms with van der Waals surface area (Å²) in [5.74, 6) is 0.844. The zero-order chi connectivity index (χ0) is 11.8. The van der Waals surface area contributed by atoms with E-state index in [1.807, 2.05) is 0 Å². The quantitative estimate of drug-likeness (QED) is 0.718. The van der Waals surface area contributed by atoms with Crippen molar-refractivity contribution in [3.05, 3.63) is 0 Å². The molecule has 3 nitrogen and oxygen atoms in total. The number of ether oxygens (including phenoxy) is 1. The van der Waals surface area contributed by atoms with E-state index < -0.39 is 0 Å². The fourth-order valence-electron chi connectivity index (χ4n) is 2.22. The molecule has 96 valence electrons. The van der Waals surface area contributed by atoms with Gasteiger partial charge in [-0.2, -0.15) is 0 Å². The molecule has 0 aliphatic carbocycles. The number of hydrogen-bond acceptors (Lipinski definition) is 3. The van der Waals surface area contributed by atoms with Crippen molar-refractivity contribution in [2.45, 2.75) is 39.7 Å². The Morgan fingerprint density at radius 3 is 2.31 bits per heavy atom. The summed E-state index contributed by atoms with van der Waals surface area (Å²) in [5, 5.41) is 3.60. The van der Waals surface area contributed by atoms with Crippen molar-refractivity contribution in [1.82, 2.24) is 10.2 Å². The molecule has 1 aliphatic heterocycles. The lowest BCUT2D eigenvalue weighted by molar-refractivity contribution is 0.0202. The van der Waals surface area contributed by atoms with E-state index in [-0.39, 0.29) is 0 Å². The van der Waals surface area contributed by atoms with E-state index >= 15 is 0 Å². The fraction of sp³-hybridized carbons (Fsp3) is 1.00. The van der Waals surface area contributed by atoms with Crippen LogP contribution in [-0.4, -0.2) is 50.3 Å². The van der Waals surface area contributed by atoms with Gasteiger partial charge in [-0.1, -0.05) is 26.7 Å². The van der Waals surface area contributed by atoms with E-state index in [0.29, 0.717) is 6.04 Å². The maximum absolute atomic E-state index is 5.37. The van der Waals surface area contributed by atoms with Gasteiger partial charge in [0.1, 0.15) is 0 Å². The molecule has 3 heteroatoms. The molecule has 0 radical (unpaired) electrons. The lowest BCUT2D eigenvalue weighted by atomic mass is 10.0. The maximum Gasteiger partial charge on any atom is 0.0594 e. The molecule has 0 aromatic heterocycles. The molecule has 0 bridgehead atoms. The number of morpholine rings is 1. The first kappa shape index (κ1) is 13.9. The van der Waals surface area contributed by atoms with Gasteiger partial charge in [0.2, 0.25) is 0 Å². The summed E-state index contributed by atoms with van der Waals surface area (Å²) in [6.45, 7) is 13.1. The monoisotopic (exact) mass is 228 g/mol. The van der Waals surface area contributed by atoms with E-state index in [9.17, 15) is 0 Å². The van der Waals surface area contributed by atoms with Crippen molar-refractivity contribution >= 4 is 0 Å². The predicted octanol–water partition coefficient (Wildman–Crippen LogP) is 1.73. The largest absolute Gasteiger partial charge is 0.379 e. The number of nitrogens with zero attached hydrogens (tertiary/aromatic N) is 1. The normalized spacial score (nSPS) is 20.2. The van der Waals surface area contributed by atoms with Crippen molar-refractivity contribution in [1.29, 1.82) is 0 Å². The van der Waals surface area contributed by atoms with Gasteiger partial charge in [-0.25, -0.2) is 0 Å². The Morgan fingerprint density at radius 2 is 1.75 bits per heavy atom. The van der Waals surface area contributed by atoms with Crippen molar-refractivity contribution in [2.75, 3.05) is 39.4 Å². The highest BCUT2D eigenvalue weighted by molar-refractivity contribution is 4.72. The average molecular weight is 228 g/mol. The highest BCUT2D eigenvalue weighted by atomic mass is 16.5. The minimum atomic E-state index is 0.637. The molecule has 16 heavy (non-hydrogen) atoms. The average Bonchev–Trinajstić information content (AvgIpc) is 2.35. The number of nitrogens with one attached hydrogen (secondary N) is 1. The third-order valence-electron chi connectivity index (χ3n) is 3.70. The molecule has 1 saturated heterocycles. The van der Waals surface area contributed by atoms with Gasteiger partial charge in [-0.3, -0.25) is 4.90 Å². The standard InChI is InChI=1S/C13H28N2O/c1-4-13(5-2)11-14-10-12(3)15-6-8-16-9-7-15/h12-14H,4-11H2,1-3H3. The van der Waals surface area contributed by atoms with Crippen LogP contribution in [0, 0.1) is 5.92 Å². The molecule has 1 heterocycles. The van der Waals surface area contributed by atoms with Gasteiger partial charge in [0.25, 0.3) is 0 Å². The van der Waals surface area contributed by atoms with Gasteiger partial charge in [0.15, 0.2) is 0 Å². The molecular formula is C13H28N2O. The summed E-state index contributed by atoms with van der Waals surface area (Å²) in [7, 11) is 0. The first-order valence-electron chi connectivity index (χ1n) is 6.80. The van der Waals surface area contributed by atoms with E-state index in [4.69, 9.17) is 4.74 Å². The van der Waals surface area contributed by atoms with Crippen molar-refractivity contribution in [2.24, 2.45) is 5.92 Å². The van der Waals surface area contributed by atoms with Gasteiger partial charge in [-0.05, 0) is 19.4 Å². The van der Waals surface area contributed by atoms with Crippen LogP contribution in [0.25, 0.3) is 0 Å². The van der Waals surface area contributed by atoms with Gasteiger partial charge in [0, 0.05) is 25.7 Å². The van der Waals surface area contributed by atoms with Crippen LogP contribution >= 0.6 is 0 Å². The second-order valence-corrected chi connectivity index (χ2v) is 4.84. The Kier molecular flexibility index (Phi) is 7.01. The van der Waals surface area contributed by atoms with Crippen LogP contribution in [0.3, 0.4) is 0 Å². The molecule has 0 amide bonds. The summed E-state index contributed by atoms with van der Waals surface area (Å²) >= 11 is 0. The SMILES string of the molecule is CCC(CC)CNCC(C)N1CCOCC1. The van der Waals surface area contributed by atoms with E-state index in [2.05, 4.69) is 31.0 Å². The molecule has 1 atom stereocenters. The van der Waals surface area contributed by atoms with Gasteiger partial charge >= 0.3 is 0 Å². The molecule has 0 saturated carbocycles. The fourth-order valence-corrected chi connectivity index (χ4v) is 2.22. The van der Waals surface area contributed by atoms with Crippen molar-refractivity contribution in [3.8, 4) is 0 Å². The summed E-state index contributed by atoms with van der Waals surface area (Å²) < 4.78 is 5.37. The molecular weight excluding hydrogens is 200 g/mol. The topological polar surface area (TPSA) is 24.5 Å². The summed E-state index contributed by atoms with van der Waals surface area (Å²) in [6, 6.07) is 0.637. The van der Waals surface area contributed by atoms with Gasteiger partial charge in [0.05, 0.1) is 13.2 Å². The van der Waals surface area contributed by atoms with Crippen LogP contribution in [0.1, 0.15) is 33.6 Å². The molecule has 1 unspecified atom stereocenters. The van der Waals surface area contributed by atoms with Crippen LogP contribution in [0.5, 0.6) is 0 Å². The van der Waals surface area contributed by atoms with E-state index in [0.717, 1.165) is 38.8 Å². The molecule has 0 aromatic rings. The first-order valence-corrected chi connectivity index (χ1v) is 6.80. The van der Waals surface area contributed by atoms with Crippen LogP contribution in [0.2, 0.25) is 0 Å². The Balaban J connectivity index is 2.11. The zero-order valence-electron chi connectivity index (χ0n) is 11.2. The van der Waals surface area contributed by atoms with Crippen LogP contribution in [-0.2, 0) is 4.74 Å². The van der Waals surface area contributed by atoms with E-state index in [1.54, 1.807) is 0 Å². The number of rotatable bonds is 7. The molecule has 1 N–H and O–H groups in total. The summed E-state index contributed by atoms with van der Waals surface area (Å²) in [6.07, 6.45) is 2.57. The highest BCUT2D eigenvalue weighted by Crippen LogP contribution is 2.06. The predicted molar refractivity (Wildman–Crippen MR) is 68.8 cm³/mol. The zero-order valence-corrected chi connectivity index (χ0v) is 11.2. The molecule has 1 aliphatic rings. The van der Waals surface area contributed by atoms with Gasteiger partial charge in [-0.15, -0.1) is 0 Å². The minimum Gasteiger partial charge on any atom is -0.379 e. The maximum atomic E-state index is 5.37. The van der Waals surface area contributed by atoms with Crippen molar-refractivity contribution in [3.63, 3.8) is 0 Å². The Bertz CT molecular complexity index is 165. The Morgan fingerprint density at radius 1 is 1.12 bits per heavy atom. The van der Waals surface area contributed by atoms with Crippen LogP contribution in [0.4, 0.5) is 0 Å². The second-order valence-electron chi connectivity index (χ2n) is 4.84. The summed E-state index contributed by atoms with van der Waals surface area (Å²) in [4.78, 5) is 2.52. The summed E-state index contributed by atoms with van der Waals surface area (Å²) in [5.41, 5.74) is 0. The Labute approximate surface area is 101 Å². The van der Waals surface area contributed by atoms with Crippen molar-refractivity contribution < 1.29 is 4.74 Å². The second kappa shape index (κ2) is 8.04. The van der Waals surface area contributed by atoms with Gasteiger partial charge < -0.3 is 10.1 Å². The lowest BCUT2D eigenvalue weighted by Crippen LogP contribution is -2.46. The molecule has 0 aromatic carbocycles. The van der Waals surface area contributed by atoms with Crippen LogP contribution in [0.15, 0.2) is 0 Å².